The van der Waals surface area contributed by atoms with Crippen LogP contribution in [0, 0.1) is 0 Å². The zero-order valence-electron chi connectivity index (χ0n) is 15.0. The molecule has 6 heteroatoms. The van der Waals surface area contributed by atoms with Gasteiger partial charge in [0.1, 0.15) is 23.0 Å². The van der Waals surface area contributed by atoms with E-state index < -0.39 is 17.5 Å². The highest BCUT2D eigenvalue weighted by atomic mass is 16.6. The molecule has 0 amide bonds. The van der Waals surface area contributed by atoms with Crippen molar-refractivity contribution in [3.05, 3.63) is 95.6 Å². The molecule has 0 bridgehead atoms. The van der Waals surface area contributed by atoms with Gasteiger partial charge in [-0.05, 0) is 30.3 Å². The van der Waals surface area contributed by atoms with Gasteiger partial charge in [0.05, 0.1) is 5.56 Å². The molecule has 2 heterocycles. The first-order chi connectivity index (χ1) is 14.0. The summed E-state index contributed by atoms with van der Waals surface area (Å²) in [6.07, 6.45) is 1.06. The van der Waals surface area contributed by atoms with Crippen LogP contribution in [0.5, 0.6) is 23.0 Å². The summed E-state index contributed by atoms with van der Waals surface area (Å²) >= 11 is 0. The predicted molar refractivity (Wildman–Crippen MR) is 102 cm³/mol. The molecule has 0 saturated carbocycles. The van der Waals surface area contributed by atoms with E-state index in [1.807, 2.05) is 12.1 Å². The Bertz CT molecular complexity index is 1210. The van der Waals surface area contributed by atoms with Crippen molar-refractivity contribution in [2.24, 2.45) is 0 Å². The van der Waals surface area contributed by atoms with E-state index in [1.165, 1.54) is 12.1 Å². The van der Waals surface area contributed by atoms with E-state index >= 15 is 0 Å². The van der Waals surface area contributed by atoms with Crippen molar-refractivity contribution in [2.45, 2.75) is 5.60 Å². The summed E-state index contributed by atoms with van der Waals surface area (Å²) in [5.41, 5.74) is 1.09. The molecule has 5 rings (SSSR count). The monoisotopic (exact) mass is 386 g/mol. The summed E-state index contributed by atoms with van der Waals surface area (Å²) < 4.78 is 17.1. The second kappa shape index (κ2) is 5.97. The first kappa shape index (κ1) is 17.1. The van der Waals surface area contributed by atoms with Gasteiger partial charge >= 0.3 is 11.9 Å². The third-order valence-corrected chi connectivity index (χ3v) is 5.05. The molecule has 2 aliphatic rings. The molecule has 1 atom stereocenters. The smallest absolute Gasteiger partial charge is 0.340 e. The number of carbonyl (C=O) groups excluding carboxylic acids is 2. The fraction of sp³-hybridized carbons (Fsp3) is 0.0435. The Morgan fingerprint density at radius 3 is 2.52 bits per heavy atom. The van der Waals surface area contributed by atoms with E-state index in [9.17, 15) is 14.7 Å². The quantitative estimate of drug-likeness (QED) is 0.406. The fourth-order valence-corrected chi connectivity index (χ4v) is 3.87. The van der Waals surface area contributed by atoms with Crippen molar-refractivity contribution in [3.8, 4) is 23.0 Å². The number of fused-ring (bicyclic) bond motifs is 6. The Labute approximate surface area is 165 Å². The molecule has 142 valence electrons. The van der Waals surface area contributed by atoms with Crippen LogP contribution < -0.4 is 9.47 Å². The van der Waals surface area contributed by atoms with Gasteiger partial charge in [-0.25, -0.2) is 9.59 Å². The van der Waals surface area contributed by atoms with Crippen molar-refractivity contribution in [1.82, 2.24) is 0 Å². The average molecular weight is 386 g/mol. The average Bonchev–Trinajstić information content (AvgIpc) is 3.01. The Balaban J connectivity index is 1.78. The highest BCUT2D eigenvalue weighted by Crippen LogP contribution is 2.56. The number of aromatic hydroxyl groups is 1. The molecular weight excluding hydrogens is 372 g/mol. The highest BCUT2D eigenvalue weighted by molar-refractivity contribution is 5.97. The van der Waals surface area contributed by atoms with Crippen molar-refractivity contribution >= 4 is 11.9 Å². The molecule has 0 fully saturated rings. The Hall–Kier alpha value is -4.06. The molecule has 0 unspecified atom stereocenters. The minimum absolute atomic E-state index is 0.00852. The van der Waals surface area contributed by atoms with Gasteiger partial charge in [-0.1, -0.05) is 24.8 Å². The van der Waals surface area contributed by atoms with Gasteiger partial charge in [0, 0.05) is 34.9 Å². The molecule has 2 aliphatic heterocycles. The topological polar surface area (TPSA) is 82.1 Å². The molecule has 3 aromatic rings. The van der Waals surface area contributed by atoms with Crippen LogP contribution in [0.25, 0.3) is 0 Å². The normalized spacial score (nSPS) is 18.1. The molecule has 1 N–H and O–H groups in total. The molecule has 0 radical (unpaired) electrons. The number of hydrogen-bond donors (Lipinski definition) is 1. The number of carbonyl (C=O) groups is 2. The van der Waals surface area contributed by atoms with Crippen LogP contribution in [0.2, 0.25) is 0 Å². The number of phenols is 1. The van der Waals surface area contributed by atoms with E-state index in [4.69, 9.17) is 14.2 Å². The molecule has 0 saturated heterocycles. The molecule has 1 spiro atoms. The lowest BCUT2D eigenvalue weighted by Gasteiger charge is -2.36. The van der Waals surface area contributed by atoms with E-state index in [1.54, 1.807) is 36.4 Å². The maximum absolute atomic E-state index is 12.7. The van der Waals surface area contributed by atoms with Crippen LogP contribution in [0.15, 0.2) is 73.3 Å². The lowest BCUT2D eigenvalue weighted by atomic mass is 9.77. The summed E-state index contributed by atoms with van der Waals surface area (Å²) in [6, 6.07) is 16.6. The first-order valence-electron chi connectivity index (χ1n) is 8.86. The van der Waals surface area contributed by atoms with Gasteiger partial charge in [0.15, 0.2) is 5.60 Å². The number of phenolic OH excluding ortho intramolecular Hbond substituents is 1. The molecule has 6 nitrogen and oxygen atoms in total. The first-order valence-corrected chi connectivity index (χ1v) is 8.86. The largest absolute Gasteiger partial charge is 0.508 e. The zero-order chi connectivity index (χ0) is 20.2. The molecule has 0 aliphatic carbocycles. The van der Waals surface area contributed by atoms with Gasteiger partial charge in [-0.3, -0.25) is 0 Å². The molecule has 0 aromatic heterocycles. The third-order valence-electron chi connectivity index (χ3n) is 5.05. The predicted octanol–water partition coefficient (Wildman–Crippen LogP) is 4.05. The summed E-state index contributed by atoms with van der Waals surface area (Å²) in [7, 11) is 0. The van der Waals surface area contributed by atoms with Crippen LogP contribution in [0.4, 0.5) is 0 Å². The maximum Gasteiger partial charge on any atom is 0.340 e. The minimum atomic E-state index is -1.23. The highest BCUT2D eigenvalue weighted by Gasteiger charge is 2.53. The van der Waals surface area contributed by atoms with Gasteiger partial charge < -0.3 is 19.3 Å². The number of benzene rings is 3. The Kier molecular flexibility index (Phi) is 3.51. The number of esters is 2. The standard InChI is InChI=1S/C23H14O6/c1-2-21(25)27-14-8-10-18-20(12-14)28-19-11-13(24)7-9-17(19)23(18)16-6-4-3-5-15(16)22(26)29-23/h2-12,24H,1H2/t23-/m1/s1. The molecule has 3 aromatic carbocycles. The second-order valence-electron chi connectivity index (χ2n) is 6.68. The molecule has 29 heavy (non-hydrogen) atoms. The van der Waals surface area contributed by atoms with Crippen molar-refractivity contribution in [3.63, 3.8) is 0 Å². The summed E-state index contributed by atoms with van der Waals surface area (Å²) in [5.74, 6) is -0.101. The summed E-state index contributed by atoms with van der Waals surface area (Å²) in [4.78, 5) is 24.2. The van der Waals surface area contributed by atoms with Crippen molar-refractivity contribution in [2.75, 3.05) is 0 Å². The van der Waals surface area contributed by atoms with Gasteiger partial charge in [0.25, 0.3) is 0 Å². The maximum atomic E-state index is 12.7. The van der Waals surface area contributed by atoms with E-state index in [2.05, 4.69) is 6.58 Å². The van der Waals surface area contributed by atoms with Gasteiger partial charge in [0.2, 0.25) is 0 Å². The van der Waals surface area contributed by atoms with Crippen molar-refractivity contribution < 1.29 is 28.9 Å². The van der Waals surface area contributed by atoms with Crippen molar-refractivity contribution in [1.29, 1.82) is 0 Å². The fourth-order valence-electron chi connectivity index (χ4n) is 3.87. The van der Waals surface area contributed by atoms with Crippen LogP contribution in [-0.4, -0.2) is 17.0 Å². The third kappa shape index (κ3) is 2.36. The van der Waals surface area contributed by atoms with Crippen LogP contribution in [0.3, 0.4) is 0 Å². The number of rotatable bonds is 2. The van der Waals surface area contributed by atoms with E-state index in [0.29, 0.717) is 33.8 Å². The van der Waals surface area contributed by atoms with Crippen LogP contribution in [-0.2, 0) is 15.1 Å². The summed E-state index contributed by atoms with van der Waals surface area (Å²) in [6.45, 7) is 3.38. The minimum Gasteiger partial charge on any atom is -0.508 e. The Morgan fingerprint density at radius 2 is 1.72 bits per heavy atom. The zero-order valence-corrected chi connectivity index (χ0v) is 15.0. The van der Waals surface area contributed by atoms with E-state index in [-0.39, 0.29) is 11.5 Å². The lowest BCUT2D eigenvalue weighted by Crippen LogP contribution is -2.33. The molecular formula is C23H14O6. The number of ether oxygens (including phenoxy) is 3. The van der Waals surface area contributed by atoms with Gasteiger partial charge in [-0.15, -0.1) is 0 Å². The lowest BCUT2D eigenvalue weighted by molar-refractivity contribution is -0.128. The second-order valence-corrected chi connectivity index (χ2v) is 6.68. The number of hydrogen-bond acceptors (Lipinski definition) is 6. The van der Waals surface area contributed by atoms with Crippen LogP contribution in [0.1, 0.15) is 27.0 Å². The SMILES string of the molecule is C=CC(=O)Oc1ccc2c(c1)Oc1cc(O)ccc1[C@@]21OC(=O)c2ccccc21. The van der Waals surface area contributed by atoms with Crippen LogP contribution >= 0.6 is 0 Å². The van der Waals surface area contributed by atoms with E-state index in [0.717, 1.165) is 6.08 Å². The van der Waals surface area contributed by atoms with Gasteiger partial charge in [-0.2, -0.15) is 0 Å². The summed E-state index contributed by atoms with van der Waals surface area (Å²) in [5, 5.41) is 9.95. The Morgan fingerprint density at radius 1 is 1.00 bits per heavy atom.